The number of aromatic amines is 1. The fourth-order valence-electron chi connectivity index (χ4n) is 2.51. The minimum Gasteiger partial charge on any atom is -0.319 e. The average Bonchev–Trinajstić information content (AvgIpc) is 2.83. The molecule has 7 nitrogen and oxygen atoms in total. The van der Waals surface area contributed by atoms with Crippen LogP contribution in [0.5, 0.6) is 0 Å². The van der Waals surface area contributed by atoms with Gasteiger partial charge in [-0.25, -0.2) is 0 Å². The van der Waals surface area contributed by atoms with Gasteiger partial charge in [-0.05, 0) is 39.3 Å². The van der Waals surface area contributed by atoms with Crippen LogP contribution >= 0.6 is 0 Å². The van der Waals surface area contributed by atoms with Crippen LogP contribution in [0.2, 0.25) is 0 Å². The fourth-order valence-corrected chi connectivity index (χ4v) is 3.81. The first-order valence-corrected chi connectivity index (χ1v) is 8.35. The maximum absolute atomic E-state index is 12.3. The molecular weight excluding hydrogens is 278 g/mol. The monoisotopic (exact) mass is 301 g/mol. The number of nitrogens with zero attached hydrogens (tertiary/aromatic N) is 2. The summed E-state index contributed by atoms with van der Waals surface area (Å²) in [7, 11) is -1.52. The smallest absolute Gasteiger partial charge is 0.279 e. The molecule has 0 aliphatic carbocycles. The van der Waals surface area contributed by atoms with E-state index in [4.69, 9.17) is 0 Å². The third-order valence-electron chi connectivity index (χ3n) is 3.69. The highest BCUT2D eigenvalue weighted by Crippen LogP contribution is 2.18. The minimum atomic E-state index is -3.41. The van der Waals surface area contributed by atoms with Crippen LogP contribution in [0.15, 0.2) is 6.20 Å². The predicted octanol–water partition coefficient (Wildman–Crippen LogP) is -0.0161. The molecular formula is C12H23N5O2S. The third kappa shape index (κ3) is 3.78. The summed E-state index contributed by atoms with van der Waals surface area (Å²) in [5.41, 5.74) is 1.76. The molecule has 1 atom stereocenters. The Labute approximate surface area is 120 Å². The lowest BCUT2D eigenvalue weighted by Crippen LogP contribution is -2.47. The second-order valence-corrected chi connectivity index (χ2v) is 7.03. The number of piperidine rings is 1. The first kappa shape index (κ1) is 15.4. The van der Waals surface area contributed by atoms with Crippen LogP contribution in [0.4, 0.5) is 0 Å². The van der Waals surface area contributed by atoms with Crippen LogP contribution in [-0.4, -0.2) is 49.6 Å². The zero-order chi connectivity index (χ0) is 14.6. The molecule has 0 saturated carbocycles. The molecule has 1 fully saturated rings. The molecule has 0 radical (unpaired) electrons. The molecule has 8 heteroatoms. The van der Waals surface area contributed by atoms with E-state index < -0.39 is 10.2 Å². The van der Waals surface area contributed by atoms with Gasteiger partial charge in [-0.1, -0.05) is 0 Å². The van der Waals surface area contributed by atoms with Gasteiger partial charge in [0.25, 0.3) is 10.2 Å². The van der Waals surface area contributed by atoms with Crippen molar-refractivity contribution >= 4 is 10.2 Å². The van der Waals surface area contributed by atoms with Gasteiger partial charge in [0.05, 0.1) is 6.20 Å². The first-order valence-electron chi connectivity index (χ1n) is 6.91. The van der Waals surface area contributed by atoms with Crippen molar-refractivity contribution in [1.82, 2.24) is 24.5 Å². The molecule has 1 unspecified atom stereocenters. The molecule has 114 valence electrons. The Morgan fingerprint density at radius 1 is 1.55 bits per heavy atom. The van der Waals surface area contributed by atoms with Crippen molar-refractivity contribution < 1.29 is 8.42 Å². The lowest BCUT2D eigenvalue weighted by molar-refractivity contribution is 0.261. The fraction of sp³-hybridized carbons (Fsp3) is 0.750. The molecule has 2 rings (SSSR count). The Hall–Kier alpha value is -0.960. The van der Waals surface area contributed by atoms with Gasteiger partial charge in [-0.2, -0.15) is 22.5 Å². The van der Waals surface area contributed by atoms with Crippen molar-refractivity contribution in [2.24, 2.45) is 5.92 Å². The zero-order valence-corrected chi connectivity index (χ0v) is 12.8. The van der Waals surface area contributed by atoms with E-state index >= 15 is 0 Å². The summed E-state index contributed by atoms with van der Waals surface area (Å²) in [6.45, 7) is 4.19. The maximum atomic E-state index is 12.3. The van der Waals surface area contributed by atoms with Crippen LogP contribution in [0.3, 0.4) is 0 Å². The van der Waals surface area contributed by atoms with E-state index in [-0.39, 0.29) is 6.54 Å². The summed E-state index contributed by atoms with van der Waals surface area (Å²) in [6, 6.07) is 0. The van der Waals surface area contributed by atoms with E-state index in [0.717, 1.165) is 30.6 Å². The summed E-state index contributed by atoms with van der Waals surface area (Å²) in [5.74, 6) is 0.390. The minimum absolute atomic E-state index is 0.276. The Balaban J connectivity index is 1.94. The van der Waals surface area contributed by atoms with Gasteiger partial charge in [-0.3, -0.25) is 5.10 Å². The first-order chi connectivity index (χ1) is 9.53. The van der Waals surface area contributed by atoms with Crippen LogP contribution in [0.25, 0.3) is 0 Å². The van der Waals surface area contributed by atoms with Gasteiger partial charge in [-0.15, -0.1) is 0 Å². The second kappa shape index (κ2) is 6.66. The standard InChI is InChI=1S/C12H23N5O2S/c1-10-12(7-14-16-10)8-15-20(18,19)17-5-3-4-11(9-17)6-13-2/h7,11,13,15H,3-6,8-9H2,1-2H3,(H,14,16). The summed E-state index contributed by atoms with van der Waals surface area (Å²) < 4.78 is 28.8. The van der Waals surface area contributed by atoms with E-state index in [2.05, 4.69) is 20.2 Å². The van der Waals surface area contributed by atoms with Crippen molar-refractivity contribution in [1.29, 1.82) is 0 Å². The van der Waals surface area contributed by atoms with E-state index in [0.29, 0.717) is 19.0 Å². The molecule has 1 aromatic heterocycles. The lowest BCUT2D eigenvalue weighted by atomic mass is 10.00. The summed E-state index contributed by atoms with van der Waals surface area (Å²) in [4.78, 5) is 0. The number of aromatic nitrogens is 2. The number of nitrogens with one attached hydrogen (secondary N) is 3. The maximum Gasteiger partial charge on any atom is 0.279 e. The molecule has 20 heavy (non-hydrogen) atoms. The predicted molar refractivity (Wildman–Crippen MR) is 77.3 cm³/mol. The number of hydrogen-bond donors (Lipinski definition) is 3. The highest BCUT2D eigenvalue weighted by atomic mass is 32.2. The Morgan fingerprint density at radius 3 is 3.00 bits per heavy atom. The van der Waals surface area contributed by atoms with E-state index in [1.165, 1.54) is 0 Å². The molecule has 0 spiro atoms. The van der Waals surface area contributed by atoms with Crippen LogP contribution in [0, 0.1) is 12.8 Å². The highest BCUT2D eigenvalue weighted by molar-refractivity contribution is 7.87. The molecule has 2 heterocycles. The highest BCUT2D eigenvalue weighted by Gasteiger charge is 2.28. The molecule has 0 bridgehead atoms. The third-order valence-corrected chi connectivity index (χ3v) is 5.21. The zero-order valence-electron chi connectivity index (χ0n) is 12.0. The average molecular weight is 301 g/mol. The molecule has 1 saturated heterocycles. The van der Waals surface area contributed by atoms with Crippen molar-refractivity contribution in [3.63, 3.8) is 0 Å². The quantitative estimate of drug-likeness (QED) is 0.689. The lowest BCUT2D eigenvalue weighted by Gasteiger charge is -2.31. The number of H-pyrrole nitrogens is 1. The van der Waals surface area contributed by atoms with Crippen molar-refractivity contribution in [2.45, 2.75) is 26.3 Å². The van der Waals surface area contributed by atoms with E-state index in [9.17, 15) is 8.42 Å². The normalized spacial score (nSPS) is 21.2. The van der Waals surface area contributed by atoms with Crippen molar-refractivity contribution in [2.75, 3.05) is 26.7 Å². The Bertz CT molecular complexity index is 526. The molecule has 0 aromatic carbocycles. The van der Waals surface area contributed by atoms with Crippen LogP contribution in [-0.2, 0) is 16.8 Å². The number of aryl methyl sites for hydroxylation is 1. The molecule has 1 aromatic rings. The largest absolute Gasteiger partial charge is 0.319 e. The van der Waals surface area contributed by atoms with Gasteiger partial charge in [0.1, 0.15) is 0 Å². The Morgan fingerprint density at radius 2 is 2.35 bits per heavy atom. The summed E-state index contributed by atoms with van der Waals surface area (Å²) >= 11 is 0. The summed E-state index contributed by atoms with van der Waals surface area (Å²) in [6.07, 6.45) is 3.64. The molecule has 0 amide bonds. The van der Waals surface area contributed by atoms with Gasteiger partial charge >= 0.3 is 0 Å². The Kier molecular flexibility index (Phi) is 5.14. The SMILES string of the molecule is CNCC1CCCN(S(=O)(=O)NCc2cn[nH]c2C)C1. The van der Waals surface area contributed by atoms with E-state index in [1.54, 1.807) is 10.5 Å². The topological polar surface area (TPSA) is 90.1 Å². The van der Waals surface area contributed by atoms with Crippen LogP contribution < -0.4 is 10.0 Å². The molecule has 1 aliphatic rings. The van der Waals surface area contributed by atoms with Crippen molar-refractivity contribution in [3.05, 3.63) is 17.5 Å². The second-order valence-electron chi connectivity index (χ2n) is 5.27. The molecule has 3 N–H and O–H groups in total. The molecule has 1 aliphatic heterocycles. The summed E-state index contributed by atoms with van der Waals surface area (Å²) in [5, 5.41) is 9.81. The van der Waals surface area contributed by atoms with Gasteiger partial charge in [0, 0.05) is 30.9 Å². The number of rotatable bonds is 6. The van der Waals surface area contributed by atoms with Gasteiger partial charge in [0.15, 0.2) is 0 Å². The van der Waals surface area contributed by atoms with Crippen molar-refractivity contribution in [3.8, 4) is 0 Å². The van der Waals surface area contributed by atoms with Crippen LogP contribution in [0.1, 0.15) is 24.1 Å². The van der Waals surface area contributed by atoms with Gasteiger partial charge < -0.3 is 5.32 Å². The number of hydrogen-bond acceptors (Lipinski definition) is 4. The van der Waals surface area contributed by atoms with Gasteiger partial charge in [0.2, 0.25) is 0 Å². The van der Waals surface area contributed by atoms with E-state index in [1.807, 2.05) is 14.0 Å².